The van der Waals surface area contributed by atoms with Crippen molar-refractivity contribution in [3.8, 4) is 0 Å². The van der Waals surface area contributed by atoms with Gasteiger partial charge >= 0.3 is 5.97 Å². The Bertz CT molecular complexity index is 379. The van der Waals surface area contributed by atoms with Gasteiger partial charge in [-0.25, -0.2) is 4.79 Å². The third-order valence-corrected chi connectivity index (χ3v) is 1.67. The van der Waals surface area contributed by atoms with Crippen LogP contribution < -0.4 is 0 Å². The highest BCUT2D eigenvalue weighted by molar-refractivity contribution is 6.40. The van der Waals surface area contributed by atoms with Gasteiger partial charge in [-0.05, 0) is 12.5 Å². The van der Waals surface area contributed by atoms with Gasteiger partial charge in [0.05, 0.1) is 0 Å². The predicted octanol–water partition coefficient (Wildman–Crippen LogP) is 1.99. The van der Waals surface area contributed by atoms with Gasteiger partial charge < -0.3 is 4.74 Å². The van der Waals surface area contributed by atoms with E-state index < -0.39 is 11.8 Å². The number of rotatable bonds is 4. The second-order valence-electron chi connectivity index (χ2n) is 3.23. The zero-order chi connectivity index (χ0) is 11.3. The Hall–Kier alpha value is -1.90. The van der Waals surface area contributed by atoms with E-state index in [1.54, 1.807) is 37.3 Å². The minimum Gasteiger partial charge on any atom is -0.455 e. The number of carbonyl (C=O) groups is 2. The highest BCUT2D eigenvalue weighted by Gasteiger charge is 2.16. The largest absolute Gasteiger partial charge is 0.455 e. The van der Waals surface area contributed by atoms with Gasteiger partial charge in [0.1, 0.15) is 6.61 Å². The van der Waals surface area contributed by atoms with E-state index in [-0.39, 0.29) is 6.61 Å². The molecular weight excluding hydrogens is 192 g/mol. The summed E-state index contributed by atoms with van der Waals surface area (Å²) in [6, 6.07) is 8.31. The highest BCUT2D eigenvalue weighted by atomic mass is 16.5. The standard InChI is InChI=1S/C12H12O3/c1-9(2)8-15-12(14)11(13)10-6-4-3-5-7-10/h3-7H,1,8H2,2H3. The van der Waals surface area contributed by atoms with Crippen LogP contribution in [0.3, 0.4) is 0 Å². The lowest BCUT2D eigenvalue weighted by Crippen LogP contribution is -2.18. The molecule has 0 amide bonds. The van der Waals surface area contributed by atoms with Crippen molar-refractivity contribution >= 4 is 11.8 Å². The Balaban J connectivity index is 2.62. The molecule has 1 aromatic carbocycles. The van der Waals surface area contributed by atoms with Gasteiger partial charge in [0.25, 0.3) is 5.78 Å². The Morgan fingerprint density at radius 2 is 1.87 bits per heavy atom. The molecule has 0 fully saturated rings. The molecule has 0 saturated heterocycles. The summed E-state index contributed by atoms with van der Waals surface area (Å²) in [5, 5.41) is 0. The number of ketones is 1. The molecule has 0 bridgehead atoms. The first-order valence-electron chi connectivity index (χ1n) is 4.52. The van der Waals surface area contributed by atoms with Crippen molar-refractivity contribution in [1.82, 2.24) is 0 Å². The third-order valence-electron chi connectivity index (χ3n) is 1.67. The Morgan fingerprint density at radius 1 is 1.27 bits per heavy atom. The van der Waals surface area contributed by atoms with Gasteiger partial charge in [0.2, 0.25) is 0 Å². The van der Waals surface area contributed by atoms with Gasteiger partial charge in [0, 0.05) is 5.56 Å². The summed E-state index contributed by atoms with van der Waals surface area (Å²) < 4.78 is 4.73. The van der Waals surface area contributed by atoms with Gasteiger partial charge in [-0.15, -0.1) is 0 Å². The van der Waals surface area contributed by atoms with Crippen molar-refractivity contribution in [2.75, 3.05) is 6.61 Å². The number of esters is 1. The second-order valence-corrected chi connectivity index (χ2v) is 3.23. The van der Waals surface area contributed by atoms with Crippen LogP contribution in [0, 0.1) is 0 Å². The minimum atomic E-state index is -0.843. The summed E-state index contributed by atoms with van der Waals surface area (Å²) in [5.74, 6) is -1.47. The number of hydrogen-bond donors (Lipinski definition) is 0. The van der Waals surface area contributed by atoms with E-state index in [1.807, 2.05) is 0 Å². The average Bonchev–Trinajstić information content (AvgIpc) is 2.26. The van der Waals surface area contributed by atoms with Crippen molar-refractivity contribution < 1.29 is 14.3 Å². The molecule has 0 aromatic heterocycles. The molecule has 3 nitrogen and oxygen atoms in total. The van der Waals surface area contributed by atoms with Gasteiger partial charge in [0.15, 0.2) is 0 Å². The molecule has 1 aromatic rings. The fourth-order valence-electron chi connectivity index (χ4n) is 0.962. The zero-order valence-corrected chi connectivity index (χ0v) is 8.53. The summed E-state index contributed by atoms with van der Waals surface area (Å²) in [6.45, 7) is 5.37. The van der Waals surface area contributed by atoms with E-state index in [4.69, 9.17) is 4.74 Å². The SMILES string of the molecule is C=C(C)COC(=O)C(=O)c1ccccc1. The van der Waals surface area contributed by atoms with E-state index in [2.05, 4.69) is 6.58 Å². The van der Waals surface area contributed by atoms with Crippen molar-refractivity contribution in [2.45, 2.75) is 6.92 Å². The quantitative estimate of drug-likeness (QED) is 0.326. The Morgan fingerprint density at radius 3 is 2.40 bits per heavy atom. The summed E-state index contributed by atoms with van der Waals surface area (Å²) in [7, 11) is 0. The van der Waals surface area contributed by atoms with Crippen LogP contribution in [0.4, 0.5) is 0 Å². The molecule has 0 heterocycles. The summed E-state index contributed by atoms with van der Waals surface area (Å²) in [5.41, 5.74) is 1.04. The number of carbonyl (C=O) groups excluding carboxylic acids is 2. The normalized spacial score (nSPS) is 9.40. The van der Waals surface area contributed by atoms with Crippen LogP contribution in [0.15, 0.2) is 42.5 Å². The number of benzene rings is 1. The average molecular weight is 204 g/mol. The van der Waals surface area contributed by atoms with E-state index in [9.17, 15) is 9.59 Å². The van der Waals surface area contributed by atoms with E-state index >= 15 is 0 Å². The van der Waals surface area contributed by atoms with E-state index in [0.717, 1.165) is 0 Å². The molecule has 0 atom stereocenters. The molecule has 0 radical (unpaired) electrons. The summed E-state index contributed by atoms with van der Waals surface area (Å²) in [6.07, 6.45) is 0. The maximum absolute atomic E-state index is 11.5. The van der Waals surface area contributed by atoms with Gasteiger partial charge in [-0.3, -0.25) is 4.79 Å². The number of ether oxygens (including phenoxy) is 1. The molecule has 3 heteroatoms. The van der Waals surface area contributed by atoms with Crippen molar-refractivity contribution in [3.63, 3.8) is 0 Å². The smallest absolute Gasteiger partial charge is 0.379 e. The summed E-state index contributed by atoms with van der Waals surface area (Å²) >= 11 is 0. The molecule has 0 saturated carbocycles. The van der Waals surface area contributed by atoms with Crippen LogP contribution in [-0.4, -0.2) is 18.4 Å². The van der Waals surface area contributed by atoms with Crippen LogP contribution in [0.2, 0.25) is 0 Å². The number of Topliss-reactive ketones (excluding diaryl/α,β-unsaturated/α-hetero) is 1. The fraction of sp³-hybridized carbons (Fsp3) is 0.167. The lowest BCUT2D eigenvalue weighted by Gasteiger charge is -2.02. The molecule has 0 aliphatic heterocycles. The highest BCUT2D eigenvalue weighted by Crippen LogP contribution is 2.02. The molecule has 78 valence electrons. The first-order chi connectivity index (χ1) is 7.11. The Labute approximate surface area is 88.4 Å². The molecule has 0 aliphatic rings. The minimum absolute atomic E-state index is 0.0808. The molecule has 1 rings (SSSR count). The molecule has 0 N–H and O–H groups in total. The molecule has 0 aliphatic carbocycles. The van der Waals surface area contributed by atoms with Crippen LogP contribution in [0.1, 0.15) is 17.3 Å². The first kappa shape index (κ1) is 11.2. The maximum atomic E-state index is 11.5. The lowest BCUT2D eigenvalue weighted by molar-refractivity contribution is -0.137. The lowest BCUT2D eigenvalue weighted by atomic mass is 10.1. The van der Waals surface area contributed by atoms with Gasteiger partial charge in [-0.2, -0.15) is 0 Å². The van der Waals surface area contributed by atoms with Crippen LogP contribution in [-0.2, 0) is 9.53 Å². The van der Waals surface area contributed by atoms with Gasteiger partial charge in [-0.1, -0.05) is 36.9 Å². The van der Waals surface area contributed by atoms with Crippen LogP contribution in [0.25, 0.3) is 0 Å². The second kappa shape index (κ2) is 5.10. The Kier molecular flexibility index (Phi) is 3.80. The summed E-state index contributed by atoms with van der Waals surface area (Å²) in [4.78, 5) is 22.7. The van der Waals surface area contributed by atoms with Crippen LogP contribution >= 0.6 is 0 Å². The van der Waals surface area contributed by atoms with Crippen molar-refractivity contribution in [2.24, 2.45) is 0 Å². The van der Waals surface area contributed by atoms with Crippen molar-refractivity contribution in [3.05, 3.63) is 48.0 Å². The first-order valence-corrected chi connectivity index (χ1v) is 4.52. The monoisotopic (exact) mass is 204 g/mol. The third kappa shape index (κ3) is 3.38. The number of hydrogen-bond acceptors (Lipinski definition) is 3. The maximum Gasteiger partial charge on any atom is 0.379 e. The predicted molar refractivity (Wildman–Crippen MR) is 56.5 cm³/mol. The molecule has 0 spiro atoms. The molecular formula is C12H12O3. The fourth-order valence-corrected chi connectivity index (χ4v) is 0.962. The van der Waals surface area contributed by atoms with E-state index in [0.29, 0.717) is 11.1 Å². The van der Waals surface area contributed by atoms with E-state index in [1.165, 1.54) is 0 Å². The zero-order valence-electron chi connectivity index (χ0n) is 8.53. The van der Waals surface area contributed by atoms with Crippen molar-refractivity contribution in [1.29, 1.82) is 0 Å². The molecule has 15 heavy (non-hydrogen) atoms. The molecule has 0 unspecified atom stereocenters. The van der Waals surface area contributed by atoms with Crippen LogP contribution in [0.5, 0.6) is 0 Å². The topological polar surface area (TPSA) is 43.4 Å².